The molecule has 0 aliphatic carbocycles. The average molecular weight is 279 g/mol. The number of hydrogen-bond acceptors (Lipinski definition) is 4. The number of aliphatic imine (C=N–C) groups is 1. The van der Waals surface area contributed by atoms with Gasteiger partial charge in [-0.15, -0.1) is 0 Å². The number of hydrogen-bond donors (Lipinski definition) is 0. The van der Waals surface area contributed by atoms with Crippen LogP contribution in [0.15, 0.2) is 29.3 Å². The van der Waals surface area contributed by atoms with Crippen LogP contribution in [-0.4, -0.2) is 75.4 Å². The van der Waals surface area contributed by atoms with Gasteiger partial charge in [0.15, 0.2) is 0 Å². The van der Waals surface area contributed by atoms with E-state index >= 15 is 0 Å². The fraction of sp³-hybridized carbons (Fsp3) is 0.600. The largest absolute Gasteiger partial charge is 0.375 e. The molecule has 1 heterocycles. The van der Waals surface area contributed by atoms with Crippen molar-refractivity contribution in [3.63, 3.8) is 0 Å². The number of amides is 1. The third kappa shape index (κ3) is 5.67. The molecule has 0 aromatic heterocycles. The molecule has 0 bridgehead atoms. The highest BCUT2D eigenvalue weighted by atomic mass is 16.5. The Hall–Kier alpha value is -1.46. The SMILES string of the molecule is C=C/C(=C/CC=NC)CN1CCN(C(=O)COC)CC1. The molecular weight excluding hydrogens is 254 g/mol. The molecule has 1 aliphatic rings. The summed E-state index contributed by atoms with van der Waals surface area (Å²) in [5.41, 5.74) is 1.21. The molecule has 5 heteroatoms. The highest BCUT2D eigenvalue weighted by molar-refractivity contribution is 5.77. The standard InChI is InChI=1S/C15H25N3O2/c1-4-14(6-5-7-16-2)12-17-8-10-18(11-9-17)15(19)13-20-3/h4,6-7H,1,5,8-13H2,2-3H3/b14-6-,16-7?. The second kappa shape index (κ2) is 9.44. The fourth-order valence-electron chi connectivity index (χ4n) is 2.15. The van der Waals surface area contributed by atoms with Crippen molar-refractivity contribution >= 4 is 12.1 Å². The van der Waals surface area contributed by atoms with E-state index < -0.39 is 0 Å². The number of nitrogens with zero attached hydrogens (tertiary/aromatic N) is 3. The minimum atomic E-state index is 0.0748. The molecule has 0 N–H and O–H groups in total. The lowest BCUT2D eigenvalue weighted by Crippen LogP contribution is -2.49. The van der Waals surface area contributed by atoms with E-state index in [0.717, 1.165) is 39.1 Å². The topological polar surface area (TPSA) is 45.1 Å². The van der Waals surface area contributed by atoms with Gasteiger partial charge in [0.1, 0.15) is 6.61 Å². The van der Waals surface area contributed by atoms with Gasteiger partial charge >= 0.3 is 0 Å². The van der Waals surface area contributed by atoms with Gasteiger partial charge in [-0.05, 0) is 5.57 Å². The quantitative estimate of drug-likeness (QED) is 0.515. The lowest BCUT2D eigenvalue weighted by atomic mass is 10.2. The van der Waals surface area contributed by atoms with Crippen LogP contribution in [0.1, 0.15) is 6.42 Å². The predicted molar refractivity (Wildman–Crippen MR) is 82.2 cm³/mol. The summed E-state index contributed by atoms with van der Waals surface area (Å²) < 4.78 is 4.88. The number of allylic oxidation sites excluding steroid dienone is 1. The highest BCUT2D eigenvalue weighted by Crippen LogP contribution is 2.07. The van der Waals surface area contributed by atoms with E-state index in [1.807, 2.05) is 17.2 Å². The Balaban J connectivity index is 2.39. The number of rotatable bonds is 7. The smallest absolute Gasteiger partial charge is 0.248 e. The lowest BCUT2D eigenvalue weighted by molar-refractivity contribution is -0.136. The first-order valence-electron chi connectivity index (χ1n) is 6.92. The third-order valence-corrected chi connectivity index (χ3v) is 3.33. The maximum atomic E-state index is 11.7. The zero-order valence-electron chi connectivity index (χ0n) is 12.5. The molecule has 0 saturated carbocycles. The van der Waals surface area contributed by atoms with Gasteiger partial charge in [0.05, 0.1) is 0 Å². The summed E-state index contributed by atoms with van der Waals surface area (Å²) in [7, 11) is 3.33. The lowest BCUT2D eigenvalue weighted by Gasteiger charge is -2.34. The van der Waals surface area contributed by atoms with Crippen molar-refractivity contribution in [1.29, 1.82) is 0 Å². The minimum absolute atomic E-state index is 0.0748. The molecule has 112 valence electrons. The molecule has 1 amide bonds. The highest BCUT2D eigenvalue weighted by Gasteiger charge is 2.20. The molecule has 1 aliphatic heterocycles. The summed E-state index contributed by atoms with van der Waals surface area (Å²) in [6.07, 6.45) is 6.75. The number of piperazine rings is 1. The van der Waals surface area contributed by atoms with Gasteiger partial charge in [0, 0.05) is 59.5 Å². The van der Waals surface area contributed by atoms with Gasteiger partial charge in [-0.2, -0.15) is 0 Å². The molecule has 1 fully saturated rings. The van der Waals surface area contributed by atoms with Crippen LogP contribution < -0.4 is 0 Å². The summed E-state index contributed by atoms with van der Waals surface area (Å²) >= 11 is 0. The minimum Gasteiger partial charge on any atom is -0.375 e. The van der Waals surface area contributed by atoms with E-state index in [4.69, 9.17) is 4.74 Å². The molecule has 0 atom stereocenters. The Kier molecular flexibility index (Phi) is 7.84. The van der Waals surface area contributed by atoms with E-state index in [-0.39, 0.29) is 12.5 Å². The fourth-order valence-corrected chi connectivity index (χ4v) is 2.15. The molecule has 1 saturated heterocycles. The van der Waals surface area contributed by atoms with E-state index in [0.29, 0.717) is 0 Å². The maximum absolute atomic E-state index is 11.7. The van der Waals surface area contributed by atoms with Crippen LogP contribution in [0.3, 0.4) is 0 Å². The van der Waals surface area contributed by atoms with Crippen LogP contribution in [0, 0.1) is 0 Å². The van der Waals surface area contributed by atoms with Crippen molar-refractivity contribution in [2.75, 3.05) is 53.5 Å². The van der Waals surface area contributed by atoms with Gasteiger partial charge in [0.2, 0.25) is 5.91 Å². The Labute approximate surface area is 121 Å². The van der Waals surface area contributed by atoms with Crippen LogP contribution in [0.5, 0.6) is 0 Å². The summed E-state index contributed by atoms with van der Waals surface area (Å²) in [5, 5.41) is 0. The van der Waals surface area contributed by atoms with Crippen LogP contribution in [0.25, 0.3) is 0 Å². The molecular formula is C15H25N3O2. The van der Waals surface area contributed by atoms with E-state index in [1.54, 1.807) is 14.2 Å². The predicted octanol–water partition coefficient (Wildman–Crippen LogP) is 0.980. The molecule has 5 nitrogen and oxygen atoms in total. The second-order valence-electron chi connectivity index (χ2n) is 4.75. The van der Waals surface area contributed by atoms with Crippen molar-refractivity contribution in [3.8, 4) is 0 Å². The summed E-state index contributed by atoms with van der Waals surface area (Å²) in [6, 6.07) is 0. The molecule has 0 aromatic rings. The molecule has 0 unspecified atom stereocenters. The normalized spacial score (nSPS) is 17.7. The van der Waals surface area contributed by atoms with Gasteiger partial charge in [-0.1, -0.05) is 18.7 Å². The first kappa shape index (κ1) is 16.6. The molecule has 0 spiro atoms. The average Bonchev–Trinajstić information content (AvgIpc) is 2.47. The zero-order valence-corrected chi connectivity index (χ0v) is 12.5. The monoisotopic (exact) mass is 279 g/mol. The number of carbonyl (C=O) groups is 1. The molecule has 0 radical (unpaired) electrons. The second-order valence-corrected chi connectivity index (χ2v) is 4.75. The summed E-state index contributed by atoms with van der Waals surface area (Å²) in [5.74, 6) is 0.0748. The maximum Gasteiger partial charge on any atom is 0.248 e. The van der Waals surface area contributed by atoms with Crippen molar-refractivity contribution < 1.29 is 9.53 Å². The Morgan fingerprint density at radius 1 is 1.35 bits per heavy atom. The van der Waals surface area contributed by atoms with Crippen molar-refractivity contribution in [2.45, 2.75) is 6.42 Å². The Morgan fingerprint density at radius 3 is 2.60 bits per heavy atom. The third-order valence-electron chi connectivity index (χ3n) is 3.33. The first-order chi connectivity index (χ1) is 9.71. The van der Waals surface area contributed by atoms with Crippen LogP contribution >= 0.6 is 0 Å². The van der Waals surface area contributed by atoms with Gasteiger partial charge in [0.25, 0.3) is 0 Å². The van der Waals surface area contributed by atoms with Crippen molar-refractivity contribution in [2.24, 2.45) is 4.99 Å². The molecule has 20 heavy (non-hydrogen) atoms. The summed E-state index contributed by atoms with van der Waals surface area (Å²) in [4.78, 5) is 19.9. The van der Waals surface area contributed by atoms with Gasteiger partial charge in [-0.3, -0.25) is 9.69 Å². The Bertz CT molecular complexity index is 369. The summed E-state index contributed by atoms with van der Waals surface area (Å²) in [6.45, 7) is 8.23. The van der Waals surface area contributed by atoms with Crippen LogP contribution in [0.4, 0.5) is 0 Å². The first-order valence-corrected chi connectivity index (χ1v) is 6.92. The zero-order chi connectivity index (χ0) is 14.8. The van der Waals surface area contributed by atoms with Crippen molar-refractivity contribution in [3.05, 3.63) is 24.3 Å². The van der Waals surface area contributed by atoms with E-state index in [1.165, 1.54) is 5.57 Å². The molecule has 1 rings (SSSR count). The number of carbonyl (C=O) groups excluding carboxylic acids is 1. The van der Waals surface area contributed by atoms with Gasteiger partial charge in [-0.25, -0.2) is 0 Å². The van der Waals surface area contributed by atoms with Crippen molar-refractivity contribution in [1.82, 2.24) is 9.80 Å². The van der Waals surface area contributed by atoms with Gasteiger partial charge < -0.3 is 14.6 Å². The molecule has 0 aromatic carbocycles. The van der Waals surface area contributed by atoms with Crippen LogP contribution in [-0.2, 0) is 9.53 Å². The number of ether oxygens (including phenoxy) is 1. The van der Waals surface area contributed by atoms with Crippen LogP contribution in [0.2, 0.25) is 0 Å². The Morgan fingerprint density at radius 2 is 2.05 bits per heavy atom. The number of methoxy groups -OCH3 is 1. The van der Waals surface area contributed by atoms with E-state index in [2.05, 4.69) is 22.5 Å². The van der Waals surface area contributed by atoms with E-state index in [9.17, 15) is 4.79 Å².